The molecule has 0 aliphatic carbocycles. The van der Waals surface area contributed by atoms with Gasteiger partial charge in [-0.2, -0.15) is 13.2 Å². The normalized spacial score (nSPS) is 15.4. The Balaban J connectivity index is 0.000000339. The first-order valence-electron chi connectivity index (χ1n) is 8.82. The minimum atomic E-state index is -5.08. The number of alkyl halides is 3. The number of pyridine rings is 1. The number of rotatable bonds is 4. The first-order valence-corrected chi connectivity index (χ1v) is 8.82. The third-order valence-electron chi connectivity index (χ3n) is 4.08. The number of nitrogens with zero attached hydrogens (tertiary/aromatic N) is 4. The van der Waals surface area contributed by atoms with Gasteiger partial charge in [-0.25, -0.2) is 9.48 Å². The van der Waals surface area contributed by atoms with E-state index in [-0.39, 0.29) is 17.8 Å². The van der Waals surface area contributed by atoms with E-state index in [9.17, 15) is 18.0 Å². The molecular formula is C18H16F3N5O5. The Labute approximate surface area is 172 Å². The van der Waals surface area contributed by atoms with Crippen LogP contribution in [-0.2, 0) is 22.7 Å². The molecule has 0 saturated carbocycles. The summed E-state index contributed by atoms with van der Waals surface area (Å²) in [5.74, 6) is -2.73. The molecule has 3 aromatic rings. The van der Waals surface area contributed by atoms with Crippen LogP contribution in [0.15, 0.2) is 47.3 Å². The van der Waals surface area contributed by atoms with Crippen LogP contribution in [0.1, 0.15) is 16.2 Å². The van der Waals surface area contributed by atoms with Crippen molar-refractivity contribution in [1.29, 1.82) is 0 Å². The lowest BCUT2D eigenvalue weighted by molar-refractivity contribution is -0.192. The monoisotopic (exact) mass is 439 g/mol. The molecule has 4 rings (SSSR count). The van der Waals surface area contributed by atoms with E-state index in [2.05, 4.69) is 20.6 Å². The van der Waals surface area contributed by atoms with Gasteiger partial charge in [0.2, 0.25) is 0 Å². The van der Waals surface area contributed by atoms with Gasteiger partial charge in [-0.05, 0) is 24.3 Å². The fourth-order valence-electron chi connectivity index (χ4n) is 2.62. The van der Waals surface area contributed by atoms with Crippen molar-refractivity contribution in [2.45, 2.75) is 25.4 Å². The summed E-state index contributed by atoms with van der Waals surface area (Å²) in [7, 11) is 0. The number of carboxylic acids is 1. The van der Waals surface area contributed by atoms with Gasteiger partial charge in [-0.1, -0.05) is 5.21 Å². The maximum Gasteiger partial charge on any atom is 0.490 e. The molecule has 4 heterocycles. The van der Waals surface area contributed by atoms with Crippen molar-refractivity contribution in [3.8, 4) is 11.3 Å². The van der Waals surface area contributed by atoms with Gasteiger partial charge < -0.3 is 19.6 Å². The standard InChI is InChI=1S/C16H15N5O3.C2HF3O2/c22-16(14-4-2-6-23-14)18-8-12-9-21-13(10-24-12)15(19-20-21)11-3-1-5-17-7-11;3-2(4,5)1(6)7/h1-7,12H,8-10H2,(H,18,22);(H,6,7). The van der Waals surface area contributed by atoms with Crippen LogP contribution >= 0.6 is 0 Å². The molecule has 1 aliphatic rings. The molecule has 164 valence electrons. The summed E-state index contributed by atoms with van der Waals surface area (Å²) in [5, 5.41) is 18.3. The second-order valence-corrected chi connectivity index (χ2v) is 6.23. The first-order chi connectivity index (χ1) is 14.8. The van der Waals surface area contributed by atoms with Crippen molar-refractivity contribution < 1.29 is 37.0 Å². The molecule has 10 nitrogen and oxygen atoms in total. The van der Waals surface area contributed by atoms with Crippen molar-refractivity contribution in [3.63, 3.8) is 0 Å². The molecule has 0 spiro atoms. The van der Waals surface area contributed by atoms with Gasteiger partial charge in [-0.3, -0.25) is 9.78 Å². The molecule has 0 fully saturated rings. The fraction of sp³-hybridized carbons (Fsp3) is 0.278. The highest BCUT2D eigenvalue weighted by Gasteiger charge is 2.38. The second-order valence-electron chi connectivity index (χ2n) is 6.23. The maximum absolute atomic E-state index is 11.9. The lowest BCUT2D eigenvalue weighted by Gasteiger charge is -2.24. The van der Waals surface area contributed by atoms with Crippen molar-refractivity contribution in [2.24, 2.45) is 0 Å². The van der Waals surface area contributed by atoms with Crippen LogP contribution in [-0.4, -0.2) is 55.8 Å². The van der Waals surface area contributed by atoms with Crippen molar-refractivity contribution in [1.82, 2.24) is 25.3 Å². The number of fused-ring (bicyclic) bond motifs is 1. The van der Waals surface area contributed by atoms with Gasteiger partial charge in [0.25, 0.3) is 5.91 Å². The molecule has 1 unspecified atom stereocenters. The first kappa shape index (κ1) is 22.0. The number of nitrogens with one attached hydrogen (secondary N) is 1. The number of furan rings is 1. The van der Waals surface area contributed by atoms with Crippen molar-refractivity contribution in [2.75, 3.05) is 6.54 Å². The molecule has 1 amide bonds. The van der Waals surface area contributed by atoms with Gasteiger partial charge in [-0.15, -0.1) is 5.10 Å². The summed E-state index contributed by atoms with van der Waals surface area (Å²) in [4.78, 5) is 24.9. The third-order valence-corrected chi connectivity index (χ3v) is 4.08. The smallest absolute Gasteiger partial charge is 0.475 e. The van der Waals surface area contributed by atoms with Crippen LogP contribution in [0.3, 0.4) is 0 Å². The van der Waals surface area contributed by atoms with E-state index in [1.807, 2.05) is 16.8 Å². The number of hydrogen-bond donors (Lipinski definition) is 2. The van der Waals surface area contributed by atoms with Crippen LogP contribution in [0, 0.1) is 0 Å². The van der Waals surface area contributed by atoms with Crippen molar-refractivity contribution in [3.05, 3.63) is 54.4 Å². The lowest BCUT2D eigenvalue weighted by atomic mass is 10.1. The van der Waals surface area contributed by atoms with Gasteiger partial charge in [0.15, 0.2) is 5.76 Å². The Hall–Kier alpha value is -3.74. The van der Waals surface area contributed by atoms with E-state index >= 15 is 0 Å². The van der Waals surface area contributed by atoms with Crippen LogP contribution in [0.2, 0.25) is 0 Å². The molecule has 31 heavy (non-hydrogen) atoms. The predicted molar refractivity (Wildman–Crippen MR) is 96.6 cm³/mol. The summed E-state index contributed by atoms with van der Waals surface area (Å²) in [5.41, 5.74) is 2.60. The van der Waals surface area contributed by atoms with E-state index in [1.165, 1.54) is 6.26 Å². The van der Waals surface area contributed by atoms with Gasteiger partial charge >= 0.3 is 12.1 Å². The maximum atomic E-state index is 11.9. The SMILES string of the molecule is O=C(NCC1Cn2nnc(-c3cccnc3)c2CO1)c1ccco1.O=C(O)C(F)(F)F. The Kier molecular flexibility index (Phi) is 6.65. The Morgan fingerprint density at radius 2 is 2.06 bits per heavy atom. The summed E-state index contributed by atoms with van der Waals surface area (Å²) >= 11 is 0. The van der Waals surface area contributed by atoms with Gasteiger partial charge in [0.05, 0.1) is 31.2 Å². The topological polar surface area (TPSA) is 132 Å². The molecule has 0 aromatic carbocycles. The molecule has 1 atom stereocenters. The summed E-state index contributed by atoms with van der Waals surface area (Å²) in [6.45, 7) is 1.29. The molecule has 1 aliphatic heterocycles. The molecule has 2 N–H and O–H groups in total. The Bertz CT molecular complexity index is 1020. The number of ether oxygens (including phenoxy) is 1. The number of aromatic nitrogens is 4. The molecule has 0 saturated heterocycles. The van der Waals surface area contributed by atoms with E-state index in [0.717, 1.165) is 17.0 Å². The largest absolute Gasteiger partial charge is 0.490 e. The summed E-state index contributed by atoms with van der Waals surface area (Å²) < 4.78 is 44.4. The molecule has 13 heteroatoms. The highest BCUT2D eigenvalue weighted by molar-refractivity contribution is 5.91. The lowest BCUT2D eigenvalue weighted by Crippen LogP contribution is -2.39. The minimum absolute atomic E-state index is 0.167. The molecule has 0 radical (unpaired) electrons. The zero-order chi connectivity index (χ0) is 22.4. The minimum Gasteiger partial charge on any atom is -0.475 e. The average molecular weight is 439 g/mol. The third kappa shape index (κ3) is 5.66. The van der Waals surface area contributed by atoms with Crippen LogP contribution < -0.4 is 5.32 Å². The molecule has 0 bridgehead atoms. The number of aliphatic carboxylic acids is 1. The number of carbonyl (C=O) groups excluding carboxylic acids is 1. The van der Waals surface area contributed by atoms with Crippen molar-refractivity contribution >= 4 is 11.9 Å². The number of carbonyl (C=O) groups is 2. The fourth-order valence-corrected chi connectivity index (χ4v) is 2.62. The van der Waals surface area contributed by atoms with Gasteiger partial charge in [0, 0.05) is 24.5 Å². The van der Waals surface area contributed by atoms with Crippen LogP contribution in [0.25, 0.3) is 11.3 Å². The highest BCUT2D eigenvalue weighted by atomic mass is 19.4. The van der Waals surface area contributed by atoms with E-state index < -0.39 is 12.1 Å². The second kappa shape index (κ2) is 9.38. The number of hydrogen-bond acceptors (Lipinski definition) is 7. The zero-order valence-electron chi connectivity index (χ0n) is 15.7. The number of halogens is 3. The Morgan fingerprint density at radius 1 is 1.29 bits per heavy atom. The molecular weight excluding hydrogens is 423 g/mol. The molecule has 3 aromatic heterocycles. The van der Waals surface area contributed by atoms with E-state index in [4.69, 9.17) is 19.1 Å². The Morgan fingerprint density at radius 3 is 2.68 bits per heavy atom. The average Bonchev–Trinajstić information content (AvgIpc) is 3.42. The quantitative estimate of drug-likeness (QED) is 0.630. The predicted octanol–water partition coefficient (Wildman–Crippen LogP) is 1.90. The van der Waals surface area contributed by atoms with Gasteiger partial charge in [0.1, 0.15) is 5.69 Å². The summed E-state index contributed by atoms with van der Waals surface area (Å²) in [6, 6.07) is 7.09. The van der Waals surface area contributed by atoms with Crippen LogP contribution in [0.5, 0.6) is 0 Å². The zero-order valence-corrected chi connectivity index (χ0v) is 15.7. The summed E-state index contributed by atoms with van der Waals surface area (Å²) in [6.07, 6.45) is -0.318. The highest BCUT2D eigenvalue weighted by Crippen LogP contribution is 2.24. The van der Waals surface area contributed by atoms with Crippen LogP contribution in [0.4, 0.5) is 13.2 Å². The number of amides is 1. The van der Waals surface area contributed by atoms with E-state index in [1.54, 1.807) is 24.5 Å². The van der Waals surface area contributed by atoms with E-state index in [0.29, 0.717) is 19.7 Å². The number of carboxylic acid groups (broad SMARTS) is 1.